The third-order valence-corrected chi connectivity index (χ3v) is 3.65. The molecule has 2 atom stereocenters. The van der Waals surface area contributed by atoms with Gasteiger partial charge in [-0.2, -0.15) is 0 Å². The monoisotopic (exact) mass is 246 g/mol. The topological polar surface area (TPSA) is 41.1 Å². The average Bonchev–Trinajstić information content (AvgIpc) is 2.92. The number of carbonyl (C=O) groups is 1. The van der Waals surface area contributed by atoms with Crippen molar-refractivity contribution in [1.82, 2.24) is 10.6 Å². The lowest BCUT2D eigenvalue weighted by Gasteiger charge is -2.14. The Hall–Kier alpha value is -1.35. The van der Waals surface area contributed by atoms with Gasteiger partial charge in [-0.15, -0.1) is 0 Å². The number of nitrogens with one attached hydrogen (secondary N) is 2. The second-order valence-corrected chi connectivity index (χ2v) is 5.01. The van der Waals surface area contributed by atoms with Gasteiger partial charge >= 0.3 is 0 Å². The number of benzene rings is 1. The molecule has 1 saturated heterocycles. The number of rotatable bonds is 5. The van der Waals surface area contributed by atoms with E-state index < -0.39 is 0 Å². The largest absolute Gasteiger partial charge is 0.356 e. The van der Waals surface area contributed by atoms with Crippen molar-refractivity contribution in [2.24, 2.45) is 0 Å². The molecule has 0 radical (unpaired) electrons. The highest BCUT2D eigenvalue weighted by Crippen LogP contribution is 2.14. The Morgan fingerprint density at radius 1 is 1.44 bits per heavy atom. The van der Waals surface area contributed by atoms with Gasteiger partial charge in [0.25, 0.3) is 0 Å². The highest BCUT2D eigenvalue weighted by molar-refractivity contribution is 5.83. The molecule has 1 unspecified atom stereocenters. The maximum atomic E-state index is 12.0. The van der Waals surface area contributed by atoms with Crippen LogP contribution >= 0.6 is 0 Å². The fourth-order valence-corrected chi connectivity index (χ4v) is 2.42. The molecule has 2 rings (SSSR count). The molecule has 0 saturated carbocycles. The Kier molecular flexibility index (Phi) is 4.76. The zero-order valence-electron chi connectivity index (χ0n) is 11.0. The van der Waals surface area contributed by atoms with Gasteiger partial charge < -0.3 is 10.6 Å². The van der Waals surface area contributed by atoms with E-state index in [1.807, 2.05) is 37.3 Å². The SMILES string of the molecule is CC(C(=O)NCC[C@@H]1CCCN1)c1ccccc1. The zero-order chi connectivity index (χ0) is 12.8. The number of hydrogen-bond acceptors (Lipinski definition) is 2. The molecule has 1 amide bonds. The summed E-state index contributed by atoms with van der Waals surface area (Å²) < 4.78 is 0. The molecule has 3 heteroatoms. The van der Waals surface area contributed by atoms with E-state index in [-0.39, 0.29) is 11.8 Å². The summed E-state index contributed by atoms with van der Waals surface area (Å²) in [5, 5.41) is 6.47. The molecule has 98 valence electrons. The molecule has 3 nitrogen and oxygen atoms in total. The Morgan fingerprint density at radius 3 is 2.89 bits per heavy atom. The molecule has 0 aliphatic carbocycles. The van der Waals surface area contributed by atoms with Gasteiger partial charge in [-0.25, -0.2) is 0 Å². The van der Waals surface area contributed by atoms with Gasteiger partial charge in [0.05, 0.1) is 5.92 Å². The molecule has 1 fully saturated rings. The molecule has 1 heterocycles. The van der Waals surface area contributed by atoms with Gasteiger partial charge in [0, 0.05) is 12.6 Å². The summed E-state index contributed by atoms with van der Waals surface area (Å²) in [7, 11) is 0. The zero-order valence-corrected chi connectivity index (χ0v) is 11.0. The second-order valence-electron chi connectivity index (χ2n) is 5.01. The first-order valence-electron chi connectivity index (χ1n) is 6.83. The van der Waals surface area contributed by atoms with Gasteiger partial charge in [-0.1, -0.05) is 30.3 Å². The lowest BCUT2D eigenvalue weighted by Crippen LogP contribution is -2.32. The predicted octanol–water partition coefficient (Wildman–Crippen LogP) is 2.05. The minimum Gasteiger partial charge on any atom is -0.356 e. The number of amides is 1. The molecular formula is C15H22N2O. The Labute approximate surface area is 109 Å². The van der Waals surface area contributed by atoms with Crippen molar-refractivity contribution >= 4 is 5.91 Å². The summed E-state index contributed by atoms with van der Waals surface area (Å²) in [6, 6.07) is 10.5. The minimum atomic E-state index is -0.0669. The van der Waals surface area contributed by atoms with Gasteiger partial charge in [0.15, 0.2) is 0 Å². The van der Waals surface area contributed by atoms with Gasteiger partial charge in [-0.3, -0.25) is 4.79 Å². The van der Waals surface area contributed by atoms with E-state index >= 15 is 0 Å². The van der Waals surface area contributed by atoms with Crippen molar-refractivity contribution in [1.29, 1.82) is 0 Å². The highest BCUT2D eigenvalue weighted by atomic mass is 16.1. The van der Waals surface area contributed by atoms with E-state index in [0.29, 0.717) is 6.04 Å². The molecule has 1 aromatic carbocycles. The molecule has 0 bridgehead atoms. The first-order valence-corrected chi connectivity index (χ1v) is 6.83. The predicted molar refractivity (Wildman–Crippen MR) is 73.5 cm³/mol. The third kappa shape index (κ3) is 3.57. The summed E-state index contributed by atoms with van der Waals surface area (Å²) in [5.41, 5.74) is 1.08. The maximum Gasteiger partial charge on any atom is 0.227 e. The lowest BCUT2D eigenvalue weighted by atomic mass is 10.0. The van der Waals surface area contributed by atoms with Crippen LogP contribution in [-0.4, -0.2) is 25.0 Å². The van der Waals surface area contributed by atoms with E-state index in [1.165, 1.54) is 12.8 Å². The summed E-state index contributed by atoms with van der Waals surface area (Å²) in [6.07, 6.45) is 3.54. The molecule has 2 N–H and O–H groups in total. The molecule has 1 aliphatic rings. The van der Waals surface area contributed by atoms with Crippen LogP contribution in [0.5, 0.6) is 0 Å². The average molecular weight is 246 g/mol. The summed E-state index contributed by atoms with van der Waals surface area (Å²) >= 11 is 0. The molecule has 1 aromatic rings. The highest BCUT2D eigenvalue weighted by Gasteiger charge is 2.16. The van der Waals surface area contributed by atoms with Crippen LogP contribution in [0.1, 0.15) is 37.7 Å². The normalized spacial score (nSPS) is 20.6. The quantitative estimate of drug-likeness (QED) is 0.835. The van der Waals surface area contributed by atoms with Crippen LogP contribution in [0.4, 0.5) is 0 Å². The van der Waals surface area contributed by atoms with Gasteiger partial charge in [-0.05, 0) is 38.3 Å². The van der Waals surface area contributed by atoms with Gasteiger partial charge in [0.1, 0.15) is 0 Å². The van der Waals surface area contributed by atoms with Crippen molar-refractivity contribution in [2.45, 2.75) is 38.1 Å². The van der Waals surface area contributed by atoms with Crippen molar-refractivity contribution in [3.8, 4) is 0 Å². The van der Waals surface area contributed by atoms with Gasteiger partial charge in [0.2, 0.25) is 5.91 Å². The summed E-state index contributed by atoms with van der Waals surface area (Å²) in [6.45, 7) is 3.85. The standard InChI is InChI=1S/C15H22N2O/c1-12(13-6-3-2-4-7-13)15(18)17-11-9-14-8-5-10-16-14/h2-4,6-7,12,14,16H,5,8-11H2,1H3,(H,17,18)/t12?,14-/m0/s1. The van der Waals surface area contributed by atoms with Crippen molar-refractivity contribution < 1.29 is 4.79 Å². The van der Waals surface area contributed by atoms with E-state index in [2.05, 4.69) is 10.6 Å². The summed E-state index contributed by atoms with van der Waals surface area (Å²) in [4.78, 5) is 12.0. The van der Waals surface area contributed by atoms with E-state index in [9.17, 15) is 4.79 Å². The second kappa shape index (κ2) is 6.55. The maximum absolute atomic E-state index is 12.0. The van der Waals surface area contributed by atoms with Crippen LogP contribution in [0.3, 0.4) is 0 Å². The molecule has 0 aromatic heterocycles. The smallest absolute Gasteiger partial charge is 0.227 e. The minimum absolute atomic E-state index is 0.0669. The van der Waals surface area contributed by atoms with Crippen LogP contribution in [0, 0.1) is 0 Å². The fraction of sp³-hybridized carbons (Fsp3) is 0.533. The van der Waals surface area contributed by atoms with Crippen LogP contribution in [0.2, 0.25) is 0 Å². The number of carbonyl (C=O) groups excluding carboxylic acids is 1. The van der Waals surface area contributed by atoms with Crippen molar-refractivity contribution in [3.63, 3.8) is 0 Å². The fourth-order valence-electron chi connectivity index (χ4n) is 2.42. The van der Waals surface area contributed by atoms with Crippen LogP contribution in [-0.2, 0) is 4.79 Å². The third-order valence-electron chi connectivity index (χ3n) is 3.65. The van der Waals surface area contributed by atoms with E-state index in [0.717, 1.165) is 25.1 Å². The van der Waals surface area contributed by atoms with Crippen LogP contribution in [0.15, 0.2) is 30.3 Å². The lowest BCUT2D eigenvalue weighted by molar-refractivity contribution is -0.122. The van der Waals surface area contributed by atoms with Crippen LogP contribution < -0.4 is 10.6 Å². The Balaban J connectivity index is 1.74. The Morgan fingerprint density at radius 2 is 2.22 bits per heavy atom. The van der Waals surface area contributed by atoms with Crippen molar-refractivity contribution in [2.75, 3.05) is 13.1 Å². The van der Waals surface area contributed by atoms with Crippen molar-refractivity contribution in [3.05, 3.63) is 35.9 Å². The van der Waals surface area contributed by atoms with E-state index in [1.54, 1.807) is 0 Å². The molecule has 1 aliphatic heterocycles. The van der Waals surface area contributed by atoms with E-state index in [4.69, 9.17) is 0 Å². The number of hydrogen-bond donors (Lipinski definition) is 2. The molecular weight excluding hydrogens is 224 g/mol. The molecule has 18 heavy (non-hydrogen) atoms. The summed E-state index contributed by atoms with van der Waals surface area (Å²) in [5.74, 6) is 0.0573. The first-order chi connectivity index (χ1) is 8.77. The first kappa shape index (κ1) is 13.1. The van der Waals surface area contributed by atoms with Crippen LogP contribution in [0.25, 0.3) is 0 Å². The Bertz CT molecular complexity index is 371. The molecule has 0 spiro atoms.